The smallest absolute Gasteiger partial charge is 0.119 e. The summed E-state index contributed by atoms with van der Waals surface area (Å²) >= 11 is 0. The van der Waals surface area contributed by atoms with Crippen LogP contribution in [0.25, 0.3) is 0 Å². The Bertz CT molecular complexity index is 354. The maximum atomic E-state index is 5.77. The van der Waals surface area contributed by atoms with Crippen LogP contribution in [0.5, 0.6) is 5.75 Å². The van der Waals surface area contributed by atoms with Gasteiger partial charge in [-0.1, -0.05) is 25.5 Å². The van der Waals surface area contributed by atoms with Crippen LogP contribution in [0.3, 0.4) is 0 Å². The first-order valence-electron chi connectivity index (χ1n) is 7.10. The number of hydrogen-bond acceptors (Lipinski definition) is 2. The van der Waals surface area contributed by atoms with Crippen LogP contribution < -0.4 is 4.74 Å². The average Bonchev–Trinajstić information content (AvgIpc) is 3.18. The lowest BCUT2D eigenvalue weighted by molar-refractivity contribution is 0.280. The molecule has 1 aliphatic rings. The molecule has 1 aromatic rings. The summed E-state index contributed by atoms with van der Waals surface area (Å²) in [5.41, 5.74) is 1.39. The molecule has 0 saturated heterocycles. The second-order valence-corrected chi connectivity index (χ2v) is 5.59. The van der Waals surface area contributed by atoms with Crippen molar-refractivity contribution < 1.29 is 4.74 Å². The van der Waals surface area contributed by atoms with Crippen LogP contribution in [0.15, 0.2) is 24.3 Å². The van der Waals surface area contributed by atoms with Crippen LogP contribution >= 0.6 is 0 Å². The molecule has 1 atom stereocenters. The second-order valence-electron chi connectivity index (χ2n) is 5.59. The van der Waals surface area contributed by atoms with E-state index in [9.17, 15) is 0 Å². The van der Waals surface area contributed by atoms with E-state index in [-0.39, 0.29) is 0 Å². The van der Waals surface area contributed by atoms with Gasteiger partial charge in [0.2, 0.25) is 0 Å². The zero-order valence-electron chi connectivity index (χ0n) is 11.9. The molecule has 0 bridgehead atoms. The van der Waals surface area contributed by atoms with Crippen molar-refractivity contribution in [3.8, 4) is 5.75 Å². The zero-order chi connectivity index (χ0) is 13.0. The maximum Gasteiger partial charge on any atom is 0.119 e. The molecular formula is C16H25NO. The normalized spacial score (nSPS) is 16.9. The molecule has 18 heavy (non-hydrogen) atoms. The Hall–Kier alpha value is -1.02. The number of ether oxygens (including phenoxy) is 1. The largest absolute Gasteiger partial charge is 0.493 e. The van der Waals surface area contributed by atoms with E-state index in [1.165, 1.54) is 31.2 Å². The molecule has 100 valence electrons. The molecular weight excluding hydrogens is 222 g/mol. The van der Waals surface area contributed by atoms with Crippen LogP contribution in [0.4, 0.5) is 0 Å². The summed E-state index contributed by atoms with van der Waals surface area (Å²) in [5, 5.41) is 0. The van der Waals surface area contributed by atoms with Crippen molar-refractivity contribution in [1.29, 1.82) is 0 Å². The van der Waals surface area contributed by atoms with Crippen LogP contribution in [0.1, 0.15) is 44.2 Å². The summed E-state index contributed by atoms with van der Waals surface area (Å²) in [4.78, 5) is 2.30. The van der Waals surface area contributed by atoms with Gasteiger partial charge in [0.1, 0.15) is 5.75 Å². The van der Waals surface area contributed by atoms with E-state index in [1.54, 1.807) is 0 Å². The van der Waals surface area contributed by atoms with Crippen molar-refractivity contribution in [2.24, 2.45) is 5.92 Å². The quantitative estimate of drug-likeness (QED) is 0.725. The first-order chi connectivity index (χ1) is 8.70. The molecule has 1 unspecified atom stereocenters. The summed E-state index contributed by atoms with van der Waals surface area (Å²) in [5.74, 6) is 1.83. The number of benzene rings is 1. The van der Waals surface area contributed by atoms with Gasteiger partial charge >= 0.3 is 0 Å². The highest BCUT2D eigenvalue weighted by atomic mass is 16.5. The number of hydrogen-bond donors (Lipinski definition) is 0. The molecule has 0 amide bonds. The van der Waals surface area contributed by atoms with Crippen LogP contribution in [0.2, 0.25) is 0 Å². The molecule has 1 aromatic carbocycles. The predicted octanol–water partition coefficient (Wildman–Crippen LogP) is 3.88. The van der Waals surface area contributed by atoms with Crippen LogP contribution in [0, 0.1) is 5.92 Å². The summed E-state index contributed by atoms with van der Waals surface area (Å²) < 4.78 is 5.77. The fourth-order valence-corrected chi connectivity index (χ4v) is 2.28. The van der Waals surface area contributed by atoms with Crippen LogP contribution in [-0.4, -0.2) is 25.6 Å². The SMILES string of the molecule is CCCC(c1ccc(OCC2CC2)cc1)N(C)C. The van der Waals surface area contributed by atoms with Crippen molar-refractivity contribution >= 4 is 0 Å². The minimum absolute atomic E-state index is 0.521. The molecule has 1 aliphatic carbocycles. The van der Waals surface area contributed by atoms with Crippen LogP contribution in [-0.2, 0) is 0 Å². The van der Waals surface area contributed by atoms with Gasteiger partial charge in [-0.25, -0.2) is 0 Å². The third kappa shape index (κ3) is 3.74. The van der Waals surface area contributed by atoms with E-state index in [0.29, 0.717) is 6.04 Å². The highest BCUT2D eigenvalue weighted by molar-refractivity contribution is 5.29. The molecule has 2 heteroatoms. The fraction of sp³-hybridized carbons (Fsp3) is 0.625. The number of nitrogens with zero attached hydrogens (tertiary/aromatic N) is 1. The van der Waals surface area contributed by atoms with Gasteiger partial charge in [-0.3, -0.25) is 0 Å². The Labute approximate surface area is 111 Å². The Morgan fingerprint density at radius 2 is 1.89 bits per heavy atom. The fourth-order valence-electron chi connectivity index (χ4n) is 2.28. The molecule has 0 aromatic heterocycles. The van der Waals surface area contributed by atoms with Gasteiger partial charge in [-0.15, -0.1) is 0 Å². The van der Waals surface area contributed by atoms with E-state index in [1.807, 2.05) is 0 Å². The first-order valence-corrected chi connectivity index (χ1v) is 7.10. The predicted molar refractivity (Wildman–Crippen MR) is 76.0 cm³/mol. The zero-order valence-corrected chi connectivity index (χ0v) is 11.9. The van der Waals surface area contributed by atoms with Gasteiger partial charge in [0.05, 0.1) is 6.61 Å². The molecule has 2 nitrogen and oxygen atoms in total. The molecule has 0 aliphatic heterocycles. The minimum Gasteiger partial charge on any atom is -0.493 e. The van der Waals surface area contributed by atoms with Crippen molar-refractivity contribution in [1.82, 2.24) is 4.90 Å². The molecule has 1 fully saturated rings. The van der Waals surface area contributed by atoms with Crippen molar-refractivity contribution in [2.75, 3.05) is 20.7 Å². The second kappa shape index (κ2) is 6.24. The van der Waals surface area contributed by atoms with Gasteiger partial charge in [-0.2, -0.15) is 0 Å². The Kier molecular flexibility index (Phi) is 4.65. The highest BCUT2D eigenvalue weighted by Gasteiger charge is 2.21. The van der Waals surface area contributed by atoms with Gasteiger partial charge in [-0.05, 0) is 57.0 Å². The molecule has 0 radical (unpaired) electrons. The molecule has 0 spiro atoms. The third-order valence-electron chi connectivity index (χ3n) is 3.63. The lowest BCUT2D eigenvalue weighted by Crippen LogP contribution is -2.19. The first kappa shape index (κ1) is 13.4. The van der Waals surface area contributed by atoms with Gasteiger partial charge < -0.3 is 9.64 Å². The lowest BCUT2D eigenvalue weighted by Gasteiger charge is -2.24. The van der Waals surface area contributed by atoms with E-state index in [2.05, 4.69) is 50.2 Å². The summed E-state index contributed by atoms with van der Waals surface area (Å²) in [7, 11) is 4.30. The molecule has 1 saturated carbocycles. The maximum absolute atomic E-state index is 5.77. The monoisotopic (exact) mass is 247 g/mol. The molecule has 0 heterocycles. The van der Waals surface area contributed by atoms with E-state index >= 15 is 0 Å². The Morgan fingerprint density at radius 3 is 2.39 bits per heavy atom. The van der Waals surface area contributed by atoms with Gasteiger partial charge in [0.25, 0.3) is 0 Å². The summed E-state index contributed by atoms with van der Waals surface area (Å²) in [6.45, 7) is 3.13. The van der Waals surface area contributed by atoms with E-state index in [0.717, 1.165) is 18.3 Å². The van der Waals surface area contributed by atoms with Crippen molar-refractivity contribution in [2.45, 2.75) is 38.6 Å². The highest BCUT2D eigenvalue weighted by Crippen LogP contribution is 2.30. The summed E-state index contributed by atoms with van der Waals surface area (Å²) in [6.07, 6.45) is 5.10. The van der Waals surface area contributed by atoms with Crippen molar-refractivity contribution in [3.05, 3.63) is 29.8 Å². The number of rotatable bonds is 7. The Balaban J connectivity index is 1.95. The topological polar surface area (TPSA) is 12.5 Å². The minimum atomic E-state index is 0.521. The average molecular weight is 247 g/mol. The van der Waals surface area contributed by atoms with E-state index < -0.39 is 0 Å². The molecule has 0 N–H and O–H groups in total. The standard InChI is InChI=1S/C16H25NO/c1-4-5-16(17(2)3)14-8-10-15(11-9-14)18-12-13-6-7-13/h8-11,13,16H,4-7,12H2,1-3H3. The Morgan fingerprint density at radius 1 is 1.22 bits per heavy atom. The third-order valence-corrected chi connectivity index (χ3v) is 3.63. The molecule has 2 rings (SSSR count). The lowest BCUT2D eigenvalue weighted by atomic mass is 10.0. The van der Waals surface area contributed by atoms with Gasteiger partial charge in [0.15, 0.2) is 0 Å². The van der Waals surface area contributed by atoms with Gasteiger partial charge in [0, 0.05) is 6.04 Å². The summed E-state index contributed by atoms with van der Waals surface area (Å²) in [6, 6.07) is 9.17. The van der Waals surface area contributed by atoms with E-state index in [4.69, 9.17) is 4.74 Å². The van der Waals surface area contributed by atoms with Crippen molar-refractivity contribution in [3.63, 3.8) is 0 Å².